The summed E-state index contributed by atoms with van der Waals surface area (Å²) in [4.78, 5) is 13.7. The molecule has 0 aliphatic carbocycles. The van der Waals surface area contributed by atoms with E-state index < -0.39 is 0 Å². The molecule has 0 aliphatic rings. The van der Waals surface area contributed by atoms with Crippen molar-refractivity contribution in [3.63, 3.8) is 0 Å². The van der Waals surface area contributed by atoms with Crippen molar-refractivity contribution >= 4 is 6.29 Å². The Bertz CT molecular complexity index is 582. The lowest BCUT2D eigenvalue weighted by Crippen LogP contribution is -2.39. The molecule has 2 heteroatoms. The van der Waals surface area contributed by atoms with Crippen LogP contribution >= 0.6 is 0 Å². The van der Waals surface area contributed by atoms with Crippen LogP contribution in [0.25, 0.3) is 0 Å². The number of hydrogen-bond acceptors (Lipinski definition) is 2. The van der Waals surface area contributed by atoms with Crippen molar-refractivity contribution in [2.75, 3.05) is 0 Å². The Morgan fingerprint density at radius 1 is 0.960 bits per heavy atom. The largest absolute Gasteiger partial charge is 0.303 e. The first-order valence-corrected chi connectivity index (χ1v) is 9.16. The van der Waals surface area contributed by atoms with E-state index in [9.17, 15) is 4.79 Å². The Balaban J connectivity index is 2.28. The van der Waals surface area contributed by atoms with Gasteiger partial charge in [0.15, 0.2) is 0 Å². The van der Waals surface area contributed by atoms with Crippen LogP contribution in [0.3, 0.4) is 0 Å². The van der Waals surface area contributed by atoms with Gasteiger partial charge in [0.05, 0.1) is 0 Å². The van der Waals surface area contributed by atoms with Crippen molar-refractivity contribution in [2.45, 2.75) is 45.3 Å². The first-order valence-electron chi connectivity index (χ1n) is 9.16. The normalized spacial score (nSPS) is 13.4. The van der Waals surface area contributed by atoms with E-state index in [0.717, 1.165) is 32.2 Å². The zero-order valence-electron chi connectivity index (χ0n) is 15.2. The molecule has 0 spiro atoms. The number of benzene rings is 2. The van der Waals surface area contributed by atoms with E-state index in [0.29, 0.717) is 12.5 Å². The lowest BCUT2D eigenvalue weighted by Gasteiger charge is -2.36. The molecule has 0 bridgehead atoms. The van der Waals surface area contributed by atoms with Gasteiger partial charge < -0.3 is 4.79 Å². The average molecular weight is 335 g/mol. The van der Waals surface area contributed by atoms with Crippen LogP contribution in [-0.2, 0) is 17.9 Å². The van der Waals surface area contributed by atoms with Gasteiger partial charge in [-0.2, -0.15) is 0 Å². The van der Waals surface area contributed by atoms with Crippen LogP contribution in [0.2, 0.25) is 0 Å². The van der Waals surface area contributed by atoms with Crippen molar-refractivity contribution in [1.29, 1.82) is 0 Å². The smallest absolute Gasteiger partial charge is 0.120 e. The third-order valence-corrected chi connectivity index (χ3v) is 4.68. The highest BCUT2D eigenvalue weighted by Gasteiger charge is 2.25. The molecule has 25 heavy (non-hydrogen) atoms. The average Bonchev–Trinajstić information content (AvgIpc) is 2.66. The van der Waals surface area contributed by atoms with Gasteiger partial charge in [0.25, 0.3) is 0 Å². The Morgan fingerprint density at radius 3 is 1.88 bits per heavy atom. The Labute approximate surface area is 152 Å². The van der Waals surface area contributed by atoms with E-state index >= 15 is 0 Å². The minimum Gasteiger partial charge on any atom is -0.303 e. The summed E-state index contributed by atoms with van der Waals surface area (Å²) >= 11 is 0. The van der Waals surface area contributed by atoms with Gasteiger partial charge in [-0.05, 0) is 23.5 Å². The number of carbonyl (C=O) groups excluding carboxylic acids is 1. The monoisotopic (exact) mass is 335 g/mol. The highest BCUT2D eigenvalue weighted by Crippen LogP contribution is 2.24. The van der Waals surface area contributed by atoms with Gasteiger partial charge in [-0.15, -0.1) is 6.58 Å². The van der Waals surface area contributed by atoms with Gasteiger partial charge in [0.1, 0.15) is 6.29 Å². The molecule has 132 valence electrons. The number of aldehydes is 1. The number of rotatable bonds is 11. The fourth-order valence-electron chi connectivity index (χ4n) is 3.41. The minimum absolute atomic E-state index is 0.185. The van der Waals surface area contributed by atoms with Crippen LogP contribution in [0, 0.1) is 5.92 Å². The SMILES string of the molecule is C=C[C@@H](CC=O)[C@H](CCC)N(Cc1ccccc1)Cc1ccccc1. The second kappa shape index (κ2) is 10.6. The standard InChI is InChI=1S/C23H29NO/c1-3-11-23(22(4-2)16-17-25)24(18-20-12-7-5-8-13-20)19-21-14-9-6-10-15-21/h4-10,12-15,17,22-23H,2-3,11,16,18-19H2,1H3/t22-,23-/m0/s1. The Kier molecular flexibility index (Phi) is 8.14. The summed E-state index contributed by atoms with van der Waals surface area (Å²) in [5.74, 6) is 0.185. The van der Waals surface area contributed by atoms with Crippen LogP contribution in [0.1, 0.15) is 37.3 Å². The fourth-order valence-corrected chi connectivity index (χ4v) is 3.41. The molecule has 0 amide bonds. The fraction of sp³-hybridized carbons (Fsp3) is 0.348. The molecule has 0 aromatic heterocycles. The number of carbonyl (C=O) groups is 1. The van der Waals surface area contributed by atoms with Gasteiger partial charge >= 0.3 is 0 Å². The third-order valence-electron chi connectivity index (χ3n) is 4.68. The maximum Gasteiger partial charge on any atom is 0.120 e. The summed E-state index contributed by atoms with van der Waals surface area (Å²) in [6.45, 7) is 7.96. The first kappa shape index (κ1) is 19.1. The maximum atomic E-state index is 11.2. The quantitative estimate of drug-likeness (QED) is 0.413. The van der Waals surface area contributed by atoms with Crippen molar-refractivity contribution in [3.8, 4) is 0 Å². The minimum atomic E-state index is 0.185. The molecule has 0 aliphatic heterocycles. The predicted octanol–water partition coefficient (Wildman–Crippen LogP) is 5.25. The topological polar surface area (TPSA) is 20.3 Å². The van der Waals surface area contributed by atoms with Crippen molar-refractivity contribution in [1.82, 2.24) is 4.90 Å². The zero-order valence-corrected chi connectivity index (χ0v) is 15.2. The van der Waals surface area contributed by atoms with E-state index in [2.05, 4.69) is 66.9 Å². The molecule has 0 saturated heterocycles. The highest BCUT2D eigenvalue weighted by atomic mass is 16.1. The Morgan fingerprint density at radius 2 is 1.48 bits per heavy atom. The van der Waals surface area contributed by atoms with Crippen molar-refractivity contribution < 1.29 is 4.79 Å². The molecule has 2 aromatic carbocycles. The molecule has 0 unspecified atom stereocenters. The van der Waals surface area contributed by atoms with E-state index in [1.54, 1.807) is 0 Å². The molecular formula is C23H29NO. The molecule has 0 radical (unpaired) electrons. The van der Waals surface area contributed by atoms with Crippen molar-refractivity contribution in [2.24, 2.45) is 5.92 Å². The molecule has 0 heterocycles. The van der Waals surface area contributed by atoms with E-state index in [4.69, 9.17) is 0 Å². The van der Waals surface area contributed by atoms with Gasteiger partial charge in [0, 0.05) is 25.6 Å². The summed E-state index contributed by atoms with van der Waals surface area (Å²) in [5.41, 5.74) is 2.60. The lowest BCUT2D eigenvalue weighted by molar-refractivity contribution is -0.108. The third kappa shape index (κ3) is 5.99. The maximum absolute atomic E-state index is 11.2. The second-order valence-corrected chi connectivity index (χ2v) is 6.53. The molecule has 2 nitrogen and oxygen atoms in total. The molecule has 0 saturated carbocycles. The van der Waals surface area contributed by atoms with E-state index in [1.807, 2.05) is 18.2 Å². The molecule has 2 aromatic rings. The summed E-state index contributed by atoms with van der Waals surface area (Å²) < 4.78 is 0. The summed E-state index contributed by atoms with van der Waals surface area (Å²) in [6.07, 6.45) is 5.67. The van der Waals surface area contributed by atoms with Crippen LogP contribution < -0.4 is 0 Å². The van der Waals surface area contributed by atoms with Gasteiger partial charge in [-0.1, -0.05) is 80.1 Å². The van der Waals surface area contributed by atoms with Gasteiger partial charge in [0.2, 0.25) is 0 Å². The van der Waals surface area contributed by atoms with Gasteiger partial charge in [-0.25, -0.2) is 0 Å². The molecule has 0 N–H and O–H groups in total. The molecule has 2 atom stereocenters. The van der Waals surface area contributed by atoms with Crippen LogP contribution in [0.5, 0.6) is 0 Å². The van der Waals surface area contributed by atoms with Crippen LogP contribution in [0.4, 0.5) is 0 Å². The van der Waals surface area contributed by atoms with Crippen LogP contribution in [-0.4, -0.2) is 17.2 Å². The lowest BCUT2D eigenvalue weighted by atomic mass is 9.91. The highest BCUT2D eigenvalue weighted by molar-refractivity contribution is 5.50. The Hall–Kier alpha value is -2.19. The molecular weight excluding hydrogens is 306 g/mol. The van der Waals surface area contributed by atoms with Gasteiger partial charge in [-0.3, -0.25) is 4.90 Å². The summed E-state index contributed by atoms with van der Waals surface area (Å²) in [6, 6.07) is 21.4. The number of hydrogen-bond donors (Lipinski definition) is 0. The first-order chi connectivity index (χ1) is 12.3. The predicted molar refractivity (Wildman–Crippen MR) is 105 cm³/mol. The second-order valence-electron chi connectivity index (χ2n) is 6.53. The van der Waals surface area contributed by atoms with Crippen molar-refractivity contribution in [3.05, 3.63) is 84.4 Å². The zero-order chi connectivity index (χ0) is 17.9. The van der Waals surface area contributed by atoms with E-state index in [1.165, 1.54) is 11.1 Å². The number of nitrogens with zero attached hydrogens (tertiary/aromatic N) is 1. The van der Waals surface area contributed by atoms with E-state index in [-0.39, 0.29) is 5.92 Å². The van der Waals surface area contributed by atoms with Crippen LogP contribution in [0.15, 0.2) is 73.3 Å². The summed E-state index contributed by atoms with van der Waals surface area (Å²) in [5, 5.41) is 0. The molecule has 0 fully saturated rings. The summed E-state index contributed by atoms with van der Waals surface area (Å²) in [7, 11) is 0. The molecule has 2 rings (SSSR count).